The third kappa shape index (κ3) is 8.24. The van der Waals surface area contributed by atoms with Crippen molar-refractivity contribution in [2.45, 2.75) is 4.90 Å². The summed E-state index contributed by atoms with van der Waals surface area (Å²) < 4.78 is 27.6. The number of aromatic nitrogens is 4. The van der Waals surface area contributed by atoms with Crippen molar-refractivity contribution >= 4 is 61.7 Å². The number of carbonyl (C=O) groups is 1. The summed E-state index contributed by atoms with van der Waals surface area (Å²) in [6, 6.07) is 28.7. The summed E-state index contributed by atoms with van der Waals surface area (Å²) in [5.41, 5.74) is 4.58. The average Bonchev–Trinajstić information content (AvgIpc) is 3.53. The lowest BCUT2D eigenvalue weighted by Crippen LogP contribution is -2.12. The number of amides is 1. The number of pyridine rings is 1. The van der Waals surface area contributed by atoms with Crippen molar-refractivity contribution in [3.63, 3.8) is 0 Å². The molecule has 0 aliphatic carbocycles. The summed E-state index contributed by atoms with van der Waals surface area (Å²) in [6.07, 6.45) is 5.84. The van der Waals surface area contributed by atoms with Crippen LogP contribution in [0.3, 0.4) is 0 Å². The second-order valence-corrected chi connectivity index (χ2v) is 13.3. The molecule has 5 N–H and O–H groups in total. The summed E-state index contributed by atoms with van der Waals surface area (Å²) in [5, 5.41) is 22.2. The molecule has 3 aromatic heterocycles. The zero-order chi connectivity index (χ0) is 35.1. The fourth-order valence-electron chi connectivity index (χ4n) is 5.06. The van der Waals surface area contributed by atoms with Crippen molar-refractivity contribution in [1.82, 2.24) is 23.8 Å². The number of nitrogens with one attached hydrogen (secondary N) is 4. The second kappa shape index (κ2) is 14.9. The Bertz CT molecular complexity index is 2260. The molecule has 254 valence electrons. The largest absolute Gasteiger partial charge is 0.465 e. The molecule has 1 amide bonds. The molecule has 0 saturated carbocycles. The topological polar surface area (TPSA) is 166 Å². The van der Waals surface area contributed by atoms with Crippen LogP contribution in [0.5, 0.6) is 0 Å². The molecule has 0 spiro atoms. The predicted molar refractivity (Wildman–Crippen MR) is 197 cm³/mol. The lowest BCUT2D eigenvalue weighted by Gasteiger charge is -2.13. The molecule has 0 aliphatic rings. The van der Waals surface area contributed by atoms with Gasteiger partial charge in [0.25, 0.3) is 10.0 Å². The van der Waals surface area contributed by atoms with E-state index in [1.807, 2.05) is 62.6 Å². The zero-order valence-electron chi connectivity index (χ0n) is 27.3. The van der Waals surface area contributed by atoms with Crippen molar-refractivity contribution in [3.05, 3.63) is 122 Å². The molecule has 3 aromatic carbocycles. The van der Waals surface area contributed by atoms with E-state index in [9.17, 15) is 18.3 Å². The Labute approximate surface area is 289 Å². The highest BCUT2D eigenvalue weighted by Gasteiger charge is 2.20. The van der Waals surface area contributed by atoms with Crippen LogP contribution in [0, 0.1) is 0 Å². The Kier molecular flexibility index (Phi) is 10.0. The number of hydrogen-bond donors (Lipinski definition) is 5. The standard InChI is InChI=1S/C36H35N9O4S/c1-44(2)19-7-6-18-37-27-13-15-28(16-14-27)39-29-9-8-10-30(22-29)40-33-23-32(41-35(42-33)43-36(46)47)26-21-25-17-20-45(34(25)38-24-26)50(48,49)31-11-4-3-5-12-31/h3-17,20-24,37,39H,18-19H2,1-2H3,(H,46,47)(H2,40,41,42,43)/b7-6+. The minimum atomic E-state index is -3.86. The average molecular weight is 690 g/mol. The summed E-state index contributed by atoms with van der Waals surface area (Å²) in [4.78, 5) is 26.9. The first-order valence-corrected chi connectivity index (χ1v) is 17.0. The number of nitrogens with zero attached hydrogens (tertiary/aromatic N) is 5. The van der Waals surface area contributed by atoms with Crippen LogP contribution in [0.2, 0.25) is 0 Å². The van der Waals surface area contributed by atoms with E-state index < -0.39 is 16.1 Å². The normalized spacial score (nSPS) is 11.6. The fraction of sp³-hybridized carbons (Fsp3) is 0.111. The van der Waals surface area contributed by atoms with Gasteiger partial charge in [-0.1, -0.05) is 36.4 Å². The highest BCUT2D eigenvalue weighted by Crippen LogP contribution is 2.29. The molecular formula is C36H35N9O4S. The van der Waals surface area contributed by atoms with E-state index in [1.54, 1.807) is 36.4 Å². The van der Waals surface area contributed by atoms with E-state index in [-0.39, 0.29) is 16.5 Å². The van der Waals surface area contributed by atoms with Gasteiger partial charge in [-0.05, 0) is 80.8 Å². The molecule has 50 heavy (non-hydrogen) atoms. The zero-order valence-corrected chi connectivity index (χ0v) is 28.1. The van der Waals surface area contributed by atoms with E-state index in [4.69, 9.17) is 0 Å². The van der Waals surface area contributed by atoms with E-state index in [0.29, 0.717) is 28.1 Å². The first-order chi connectivity index (χ1) is 24.1. The van der Waals surface area contributed by atoms with Gasteiger partial charge in [0.1, 0.15) is 5.82 Å². The number of carboxylic acid groups (broad SMARTS) is 1. The van der Waals surface area contributed by atoms with Gasteiger partial charge in [-0.3, -0.25) is 5.32 Å². The highest BCUT2D eigenvalue weighted by molar-refractivity contribution is 7.90. The van der Waals surface area contributed by atoms with Crippen LogP contribution in [0.4, 0.5) is 39.3 Å². The van der Waals surface area contributed by atoms with Gasteiger partial charge in [0.05, 0.1) is 10.6 Å². The molecule has 0 fully saturated rings. The van der Waals surface area contributed by atoms with Gasteiger partial charge in [-0.15, -0.1) is 0 Å². The maximum absolute atomic E-state index is 13.3. The van der Waals surface area contributed by atoms with E-state index >= 15 is 0 Å². The molecule has 0 radical (unpaired) electrons. The predicted octanol–water partition coefficient (Wildman–Crippen LogP) is 6.84. The van der Waals surface area contributed by atoms with Crippen LogP contribution in [0.1, 0.15) is 0 Å². The van der Waals surface area contributed by atoms with Gasteiger partial charge in [0, 0.05) is 65.2 Å². The number of benzene rings is 3. The van der Waals surface area contributed by atoms with Crippen molar-refractivity contribution < 1.29 is 18.3 Å². The van der Waals surface area contributed by atoms with Crippen LogP contribution in [0.15, 0.2) is 127 Å². The monoisotopic (exact) mass is 689 g/mol. The Morgan fingerprint density at radius 3 is 2.32 bits per heavy atom. The molecule has 3 heterocycles. The van der Waals surface area contributed by atoms with Crippen molar-refractivity contribution in [3.8, 4) is 11.3 Å². The first-order valence-electron chi connectivity index (χ1n) is 15.6. The van der Waals surface area contributed by atoms with Crippen molar-refractivity contribution in [1.29, 1.82) is 0 Å². The molecule has 6 rings (SSSR count). The van der Waals surface area contributed by atoms with Gasteiger partial charge in [0.15, 0.2) is 5.65 Å². The van der Waals surface area contributed by atoms with E-state index in [1.165, 1.54) is 24.5 Å². The van der Waals surface area contributed by atoms with Gasteiger partial charge >= 0.3 is 6.09 Å². The van der Waals surface area contributed by atoms with Gasteiger partial charge in [-0.25, -0.2) is 27.2 Å². The number of hydrogen-bond acceptors (Lipinski definition) is 10. The van der Waals surface area contributed by atoms with Crippen molar-refractivity contribution in [2.24, 2.45) is 0 Å². The maximum atomic E-state index is 13.3. The fourth-order valence-corrected chi connectivity index (χ4v) is 6.39. The molecule has 14 heteroatoms. The number of anilines is 6. The summed E-state index contributed by atoms with van der Waals surface area (Å²) in [6.45, 7) is 1.63. The van der Waals surface area contributed by atoms with Gasteiger partial charge in [-0.2, -0.15) is 4.98 Å². The van der Waals surface area contributed by atoms with Crippen LogP contribution in [0.25, 0.3) is 22.3 Å². The van der Waals surface area contributed by atoms with E-state index in [0.717, 1.165) is 34.1 Å². The molecule has 0 saturated heterocycles. The minimum absolute atomic E-state index is 0.141. The third-order valence-electron chi connectivity index (χ3n) is 7.40. The Morgan fingerprint density at radius 2 is 1.58 bits per heavy atom. The van der Waals surface area contributed by atoms with E-state index in [2.05, 4.69) is 53.3 Å². The molecule has 0 atom stereocenters. The summed E-state index contributed by atoms with van der Waals surface area (Å²) in [7, 11) is 0.199. The second-order valence-electron chi connectivity index (χ2n) is 11.5. The highest BCUT2D eigenvalue weighted by atomic mass is 32.2. The quantitative estimate of drug-likeness (QED) is 0.0806. The molecule has 0 aliphatic heterocycles. The van der Waals surface area contributed by atoms with Crippen LogP contribution in [-0.2, 0) is 10.0 Å². The first kappa shape index (κ1) is 33.6. The summed E-state index contributed by atoms with van der Waals surface area (Å²) >= 11 is 0. The third-order valence-corrected chi connectivity index (χ3v) is 9.08. The number of likely N-dealkylation sites (N-methyl/N-ethyl adjacent to an activating group) is 1. The maximum Gasteiger partial charge on any atom is 0.411 e. The van der Waals surface area contributed by atoms with Crippen LogP contribution < -0.4 is 21.3 Å². The smallest absolute Gasteiger partial charge is 0.411 e. The van der Waals surface area contributed by atoms with Crippen LogP contribution in [-0.4, -0.2) is 70.6 Å². The number of fused-ring (bicyclic) bond motifs is 1. The molecular weight excluding hydrogens is 655 g/mol. The lowest BCUT2D eigenvalue weighted by molar-refractivity contribution is 0.209. The Hall–Kier alpha value is -6.25. The Balaban J connectivity index is 1.20. The lowest BCUT2D eigenvalue weighted by atomic mass is 10.1. The summed E-state index contributed by atoms with van der Waals surface area (Å²) in [5.74, 6) is 0.188. The van der Waals surface area contributed by atoms with Gasteiger partial charge < -0.3 is 26.0 Å². The molecule has 13 nitrogen and oxygen atoms in total. The van der Waals surface area contributed by atoms with Gasteiger partial charge in [0.2, 0.25) is 5.95 Å². The van der Waals surface area contributed by atoms with Crippen molar-refractivity contribution in [2.75, 3.05) is 48.5 Å². The molecule has 0 bridgehead atoms. The molecule has 6 aromatic rings. The Morgan fingerprint density at radius 1 is 0.840 bits per heavy atom. The SMILES string of the molecule is CN(C)C/C=C/CNc1ccc(Nc2cccc(Nc3cc(-c4cnc5c(ccn5S(=O)(=O)c5ccccc5)c4)nc(NC(=O)O)n3)c2)cc1. The van der Waals surface area contributed by atoms with Crippen LogP contribution >= 0.6 is 0 Å². The minimum Gasteiger partial charge on any atom is -0.465 e. The number of rotatable bonds is 13. The molecule has 0 unspecified atom stereocenters.